The minimum Gasteiger partial charge on any atom is -0.504 e. The molecule has 1 atom stereocenters. The van der Waals surface area contributed by atoms with Gasteiger partial charge in [-0.25, -0.2) is 0 Å². The van der Waals surface area contributed by atoms with Gasteiger partial charge in [0.15, 0.2) is 11.5 Å². The third kappa shape index (κ3) is 4.54. The van der Waals surface area contributed by atoms with Crippen molar-refractivity contribution in [2.24, 2.45) is 0 Å². The highest BCUT2D eigenvalue weighted by atomic mass is 16.5. The maximum atomic E-state index is 11.2. The van der Waals surface area contributed by atoms with Crippen LogP contribution >= 0.6 is 0 Å². The molecule has 2 N–H and O–H groups in total. The zero-order valence-electron chi connectivity index (χ0n) is 16.2. The van der Waals surface area contributed by atoms with Gasteiger partial charge < -0.3 is 20.1 Å². The molecule has 1 unspecified atom stereocenters. The van der Waals surface area contributed by atoms with Crippen molar-refractivity contribution in [3.05, 3.63) is 53.6 Å². The predicted molar refractivity (Wildman–Crippen MR) is 108 cm³/mol. The van der Waals surface area contributed by atoms with Crippen molar-refractivity contribution in [1.29, 1.82) is 0 Å². The zero-order valence-corrected chi connectivity index (χ0v) is 16.2. The average Bonchev–Trinajstić information content (AvgIpc) is 2.68. The normalized spacial score (nSPS) is 16.0. The smallest absolute Gasteiger partial charge is 0.217 e. The Labute approximate surface area is 161 Å². The lowest BCUT2D eigenvalue weighted by Crippen LogP contribution is -2.32. The second-order valence-corrected chi connectivity index (χ2v) is 7.21. The number of ether oxygens (including phenoxy) is 1. The number of amides is 1. The first-order valence-corrected chi connectivity index (χ1v) is 9.47. The van der Waals surface area contributed by atoms with Crippen molar-refractivity contribution in [2.45, 2.75) is 38.6 Å². The molecule has 0 saturated carbocycles. The summed E-state index contributed by atoms with van der Waals surface area (Å²) >= 11 is 0. The van der Waals surface area contributed by atoms with E-state index in [-0.39, 0.29) is 17.7 Å². The first-order chi connectivity index (χ1) is 13.0. The topological polar surface area (TPSA) is 61.8 Å². The highest BCUT2D eigenvalue weighted by molar-refractivity contribution is 5.73. The number of phenolic OH excluding ortho intramolecular Hbond substituents is 1. The minimum absolute atomic E-state index is 0.00944. The zero-order chi connectivity index (χ0) is 19.4. The molecule has 27 heavy (non-hydrogen) atoms. The molecule has 0 aliphatic carbocycles. The molecule has 5 nitrogen and oxygen atoms in total. The van der Waals surface area contributed by atoms with Gasteiger partial charge >= 0.3 is 0 Å². The number of nitrogens with zero attached hydrogens (tertiary/aromatic N) is 1. The molecule has 3 rings (SSSR count). The van der Waals surface area contributed by atoms with Crippen LogP contribution in [-0.2, 0) is 4.79 Å². The molecule has 0 radical (unpaired) electrons. The number of hydrogen-bond acceptors (Lipinski definition) is 4. The summed E-state index contributed by atoms with van der Waals surface area (Å²) in [4.78, 5) is 13.5. The first kappa shape index (κ1) is 19.1. The maximum Gasteiger partial charge on any atom is 0.217 e. The molecule has 0 spiro atoms. The number of carbonyl (C=O) groups excluding carboxylic acids is 1. The maximum absolute atomic E-state index is 11.2. The fourth-order valence-electron chi connectivity index (χ4n) is 3.78. The fraction of sp³-hybridized carbons (Fsp3) is 0.409. The van der Waals surface area contributed by atoms with Crippen LogP contribution in [0.1, 0.15) is 49.8 Å². The Balaban J connectivity index is 1.61. The molecule has 1 fully saturated rings. The first-order valence-electron chi connectivity index (χ1n) is 9.47. The van der Waals surface area contributed by atoms with E-state index < -0.39 is 0 Å². The van der Waals surface area contributed by atoms with Crippen LogP contribution in [0.2, 0.25) is 0 Å². The number of rotatable bonds is 5. The van der Waals surface area contributed by atoms with Gasteiger partial charge in [-0.1, -0.05) is 24.3 Å². The molecule has 1 heterocycles. The van der Waals surface area contributed by atoms with E-state index in [0.717, 1.165) is 37.2 Å². The van der Waals surface area contributed by atoms with E-state index in [1.54, 1.807) is 20.1 Å². The number of carbonyl (C=O) groups is 1. The van der Waals surface area contributed by atoms with E-state index in [9.17, 15) is 9.90 Å². The molecule has 2 aromatic carbocycles. The minimum atomic E-state index is -0.00944. The Morgan fingerprint density at radius 3 is 2.44 bits per heavy atom. The Hall–Kier alpha value is -2.69. The second-order valence-electron chi connectivity index (χ2n) is 7.21. The molecular weight excluding hydrogens is 340 g/mol. The Morgan fingerprint density at radius 2 is 1.85 bits per heavy atom. The molecule has 0 bridgehead atoms. The van der Waals surface area contributed by atoms with Crippen LogP contribution in [0.15, 0.2) is 42.5 Å². The van der Waals surface area contributed by atoms with Crippen molar-refractivity contribution >= 4 is 11.6 Å². The monoisotopic (exact) mass is 368 g/mol. The average molecular weight is 368 g/mol. The quantitative estimate of drug-likeness (QED) is 0.838. The van der Waals surface area contributed by atoms with Crippen LogP contribution in [-0.4, -0.2) is 31.2 Å². The van der Waals surface area contributed by atoms with Gasteiger partial charge in [0.25, 0.3) is 0 Å². The van der Waals surface area contributed by atoms with E-state index in [1.807, 2.05) is 19.1 Å². The van der Waals surface area contributed by atoms with Crippen LogP contribution in [0.25, 0.3) is 0 Å². The number of phenols is 1. The van der Waals surface area contributed by atoms with E-state index in [0.29, 0.717) is 11.7 Å². The fourth-order valence-corrected chi connectivity index (χ4v) is 3.78. The lowest BCUT2D eigenvalue weighted by atomic mass is 9.88. The van der Waals surface area contributed by atoms with Crippen LogP contribution in [0, 0.1) is 0 Å². The predicted octanol–water partition coefficient (Wildman–Crippen LogP) is 3.98. The molecule has 1 amide bonds. The highest BCUT2D eigenvalue weighted by Crippen LogP contribution is 2.34. The molecule has 144 valence electrons. The lowest BCUT2D eigenvalue weighted by Gasteiger charge is -2.34. The third-order valence-electron chi connectivity index (χ3n) is 5.35. The van der Waals surface area contributed by atoms with Crippen molar-refractivity contribution in [2.75, 3.05) is 25.1 Å². The highest BCUT2D eigenvalue weighted by Gasteiger charge is 2.21. The largest absolute Gasteiger partial charge is 0.504 e. The summed E-state index contributed by atoms with van der Waals surface area (Å²) in [6.45, 7) is 5.49. The van der Waals surface area contributed by atoms with Crippen molar-refractivity contribution in [1.82, 2.24) is 5.32 Å². The molecule has 1 aliphatic rings. The number of methoxy groups -OCH3 is 1. The van der Waals surface area contributed by atoms with Gasteiger partial charge in [-0.05, 0) is 48.9 Å². The van der Waals surface area contributed by atoms with Crippen molar-refractivity contribution in [3.8, 4) is 11.5 Å². The van der Waals surface area contributed by atoms with Gasteiger partial charge in [-0.15, -0.1) is 0 Å². The lowest BCUT2D eigenvalue weighted by molar-refractivity contribution is -0.119. The summed E-state index contributed by atoms with van der Waals surface area (Å²) in [5.41, 5.74) is 3.57. The summed E-state index contributed by atoms with van der Waals surface area (Å²) < 4.78 is 5.22. The van der Waals surface area contributed by atoms with Crippen LogP contribution in [0.5, 0.6) is 11.5 Å². The van der Waals surface area contributed by atoms with Gasteiger partial charge in [-0.2, -0.15) is 0 Å². The molecular formula is C22H28N2O3. The molecule has 2 aromatic rings. The van der Waals surface area contributed by atoms with Gasteiger partial charge in [0.1, 0.15) is 0 Å². The Bertz CT molecular complexity index is 781. The second kappa shape index (κ2) is 8.33. The number of piperidine rings is 1. The van der Waals surface area contributed by atoms with Gasteiger partial charge in [0.2, 0.25) is 5.91 Å². The van der Waals surface area contributed by atoms with Crippen molar-refractivity contribution in [3.63, 3.8) is 0 Å². The number of benzene rings is 2. The Kier molecular flexibility index (Phi) is 5.89. The van der Waals surface area contributed by atoms with Crippen LogP contribution < -0.4 is 15.0 Å². The third-order valence-corrected chi connectivity index (χ3v) is 5.35. The standard InChI is InChI=1S/C22H28N2O3/c1-15(23-16(2)25)17-4-6-18(7-5-17)19-10-12-24(13-11-19)20-8-9-21(26)22(14-20)27-3/h4-9,14-15,19,26H,10-13H2,1-3H3,(H,23,25). The van der Waals surface area contributed by atoms with Gasteiger partial charge in [0.05, 0.1) is 13.2 Å². The number of anilines is 1. The van der Waals surface area contributed by atoms with Crippen LogP contribution in [0.3, 0.4) is 0 Å². The molecule has 1 aliphatic heterocycles. The number of aromatic hydroxyl groups is 1. The van der Waals surface area contributed by atoms with E-state index in [2.05, 4.69) is 34.5 Å². The summed E-state index contributed by atoms with van der Waals surface area (Å²) in [5, 5.41) is 12.7. The van der Waals surface area contributed by atoms with Gasteiger partial charge in [-0.3, -0.25) is 4.79 Å². The van der Waals surface area contributed by atoms with E-state index in [4.69, 9.17) is 4.74 Å². The van der Waals surface area contributed by atoms with Crippen LogP contribution in [0.4, 0.5) is 5.69 Å². The molecule has 0 aromatic heterocycles. The van der Waals surface area contributed by atoms with Crippen molar-refractivity contribution < 1.29 is 14.6 Å². The SMILES string of the molecule is COc1cc(N2CCC(c3ccc(C(C)NC(C)=O)cc3)CC2)ccc1O. The number of nitrogens with one attached hydrogen (secondary N) is 1. The summed E-state index contributed by atoms with van der Waals surface area (Å²) in [5.74, 6) is 1.22. The number of hydrogen-bond donors (Lipinski definition) is 2. The summed E-state index contributed by atoms with van der Waals surface area (Å²) in [6, 6.07) is 14.2. The summed E-state index contributed by atoms with van der Waals surface area (Å²) in [7, 11) is 1.57. The van der Waals surface area contributed by atoms with E-state index in [1.165, 1.54) is 5.56 Å². The van der Waals surface area contributed by atoms with Gasteiger partial charge in [0, 0.05) is 31.8 Å². The molecule has 5 heteroatoms. The molecule has 1 saturated heterocycles. The Morgan fingerprint density at radius 1 is 1.19 bits per heavy atom. The summed E-state index contributed by atoms with van der Waals surface area (Å²) in [6.07, 6.45) is 2.17. The van der Waals surface area contributed by atoms with E-state index >= 15 is 0 Å².